The van der Waals surface area contributed by atoms with Gasteiger partial charge in [0.05, 0.1) is 6.42 Å². The maximum Gasteiger partial charge on any atom is 0.268 e. The third-order valence-corrected chi connectivity index (χ3v) is 2.06. The fourth-order valence-corrected chi connectivity index (χ4v) is 0.970. The molecule has 0 aromatic heterocycles. The summed E-state index contributed by atoms with van der Waals surface area (Å²) in [5.41, 5.74) is 2.02. The summed E-state index contributed by atoms with van der Waals surface area (Å²) in [4.78, 5) is 22.2. The van der Waals surface area contributed by atoms with Crippen LogP contribution in [0.4, 0.5) is 0 Å². The Kier molecular flexibility index (Phi) is 3.41. The molecule has 1 heterocycles. The van der Waals surface area contributed by atoms with Crippen molar-refractivity contribution in [3.05, 3.63) is 0 Å². The van der Waals surface area contributed by atoms with Crippen LogP contribution in [-0.2, 0) is 9.59 Å². The lowest BCUT2D eigenvalue weighted by Crippen LogP contribution is -2.39. The summed E-state index contributed by atoms with van der Waals surface area (Å²) in [5.74, 6) is -0.642. The summed E-state index contributed by atoms with van der Waals surface area (Å²) < 4.78 is 0. The zero-order valence-electron chi connectivity index (χ0n) is 8.83. The van der Waals surface area contributed by atoms with Crippen molar-refractivity contribution in [2.45, 2.75) is 20.3 Å². The van der Waals surface area contributed by atoms with E-state index in [2.05, 4.69) is 15.8 Å². The van der Waals surface area contributed by atoms with Crippen LogP contribution in [0.2, 0.25) is 0 Å². The molecule has 6 nitrogen and oxygen atoms in total. The Hall–Kier alpha value is -1.43. The Morgan fingerprint density at radius 3 is 2.80 bits per heavy atom. The quantitative estimate of drug-likeness (QED) is 0.559. The third-order valence-electron chi connectivity index (χ3n) is 2.06. The fourth-order valence-electron chi connectivity index (χ4n) is 0.970. The highest BCUT2D eigenvalue weighted by Crippen LogP contribution is 2.11. The lowest BCUT2D eigenvalue weighted by atomic mass is 9.95. The standard InChI is InChI=1S/C9H15N3O3/c1-9(2,5-13)4-10-8(15)6-3-7(14)12-11-6/h13H,3-5H2,1-2H3,(H,10,15)(H,12,14). The summed E-state index contributed by atoms with van der Waals surface area (Å²) in [7, 11) is 0. The van der Waals surface area contributed by atoms with Gasteiger partial charge in [-0.3, -0.25) is 9.59 Å². The molecule has 6 heteroatoms. The maximum atomic E-state index is 11.4. The summed E-state index contributed by atoms with van der Waals surface area (Å²) >= 11 is 0. The molecule has 0 atom stereocenters. The van der Waals surface area contributed by atoms with E-state index < -0.39 is 0 Å². The summed E-state index contributed by atoms with van der Waals surface area (Å²) in [6, 6.07) is 0. The second-order valence-electron chi connectivity index (χ2n) is 4.28. The van der Waals surface area contributed by atoms with Crippen molar-refractivity contribution in [3.8, 4) is 0 Å². The van der Waals surface area contributed by atoms with Gasteiger partial charge in [-0.25, -0.2) is 5.43 Å². The zero-order valence-corrected chi connectivity index (χ0v) is 8.83. The maximum absolute atomic E-state index is 11.4. The average Bonchev–Trinajstić information content (AvgIpc) is 2.61. The zero-order chi connectivity index (χ0) is 11.5. The van der Waals surface area contributed by atoms with Crippen LogP contribution < -0.4 is 10.7 Å². The molecule has 0 saturated heterocycles. The first kappa shape index (κ1) is 11.6. The normalized spacial score (nSPS) is 15.9. The van der Waals surface area contributed by atoms with Crippen LogP contribution in [0.5, 0.6) is 0 Å². The molecular weight excluding hydrogens is 198 g/mol. The molecule has 0 aromatic carbocycles. The van der Waals surface area contributed by atoms with E-state index in [4.69, 9.17) is 5.11 Å². The SMILES string of the molecule is CC(C)(CO)CNC(=O)C1=NNC(=O)C1. The monoisotopic (exact) mass is 213 g/mol. The summed E-state index contributed by atoms with van der Waals surface area (Å²) in [6.07, 6.45) is 0.0192. The molecule has 0 fully saturated rings. The molecular formula is C9H15N3O3. The number of nitrogens with zero attached hydrogens (tertiary/aromatic N) is 1. The highest BCUT2D eigenvalue weighted by molar-refractivity contribution is 6.43. The summed E-state index contributed by atoms with van der Waals surface area (Å²) in [5, 5.41) is 15.2. The minimum absolute atomic E-state index is 0.0169. The predicted molar refractivity (Wildman–Crippen MR) is 54.1 cm³/mol. The van der Waals surface area contributed by atoms with Gasteiger partial charge in [0.2, 0.25) is 5.91 Å². The van der Waals surface area contributed by atoms with Crippen LogP contribution in [0.3, 0.4) is 0 Å². The van der Waals surface area contributed by atoms with Gasteiger partial charge in [0, 0.05) is 18.6 Å². The molecule has 0 bridgehead atoms. The van der Waals surface area contributed by atoms with Crippen LogP contribution in [0.1, 0.15) is 20.3 Å². The number of hydrazone groups is 1. The first-order valence-electron chi connectivity index (χ1n) is 4.69. The van der Waals surface area contributed by atoms with Gasteiger partial charge in [-0.1, -0.05) is 13.8 Å². The number of hydrogen-bond acceptors (Lipinski definition) is 4. The molecule has 0 spiro atoms. The molecule has 1 aliphatic rings. The van der Waals surface area contributed by atoms with Gasteiger partial charge in [0.15, 0.2) is 0 Å². The van der Waals surface area contributed by atoms with Crippen LogP contribution in [-0.4, -0.2) is 35.8 Å². The second kappa shape index (κ2) is 4.39. The van der Waals surface area contributed by atoms with Gasteiger partial charge >= 0.3 is 0 Å². The highest BCUT2D eigenvalue weighted by atomic mass is 16.3. The van der Waals surface area contributed by atoms with Crippen LogP contribution in [0, 0.1) is 5.41 Å². The van der Waals surface area contributed by atoms with Crippen molar-refractivity contribution in [2.24, 2.45) is 10.5 Å². The van der Waals surface area contributed by atoms with Crippen LogP contribution >= 0.6 is 0 Å². The van der Waals surface area contributed by atoms with Gasteiger partial charge < -0.3 is 10.4 Å². The van der Waals surface area contributed by atoms with Crippen LogP contribution in [0.25, 0.3) is 0 Å². The molecule has 0 aromatic rings. The van der Waals surface area contributed by atoms with E-state index in [0.717, 1.165) is 0 Å². The number of nitrogens with one attached hydrogen (secondary N) is 2. The molecule has 0 unspecified atom stereocenters. The van der Waals surface area contributed by atoms with Crippen molar-refractivity contribution < 1.29 is 14.7 Å². The van der Waals surface area contributed by atoms with Gasteiger partial charge in [-0.05, 0) is 0 Å². The van der Waals surface area contributed by atoms with Crippen molar-refractivity contribution in [3.63, 3.8) is 0 Å². The lowest BCUT2D eigenvalue weighted by molar-refractivity contribution is -0.120. The van der Waals surface area contributed by atoms with E-state index in [0.29, 0.717) is 6.54 Å². The minimum atomic E-state index is -0.369. The van der Waals surface area contributed by atoms with Crippen LogP contribution in [0.15, 0.2) is 5.10 Å². The highest BCUT2D eigenvalue weighted by Gasteiger charge is 2.23. The average molecular weight is 213 g/mol. The Morgan fingerprint density at radius 1 is 1.67 bits per heavy atom. The van der Waals surface area contributed by atoms with E-state index in [-0.39, 0.29) is 36.0 Å². The van der Waals surface area contributed by atoms with E-state index >= 15 is 0 Å². The molecule has 1 aliphatic heterocycles. The smallest absolute Gasteiger partial charge is 0.268 e. The molecule has 0 aliphatic carbocycles. The van der Waals surface area contributed by atoms with E-state index in [9.17, 15) is 9.59 Å². The van der Waals surface area contributed by atoms with Crippen molar-refractivity contribution in [1.29, 1.82) is 0 Å². The number of amides is 2. The Balaban J connectivity index is 2.40. The number of aliphatic hydroxyl groups excluding tert-OH is 1. The fraction of sp³-hybridized carbons (Fsp3) is 0.667. The molecule has 2 amide bonds. The number of carbonyl (C=O) groups is 2. The predicted octanol–water partition coefficient (Wildman–Crippen LogP) is -1.00. The minimum Gasteiger partial charge on any atom is -0.396 e. The number of rotatable bonds is 4. The van der Waals surface area contributed by atoms with E-state index in [1.165, 1.54) is 0 Å². The number of hydrogen-bond donors (Lipinski definition) is 3. The number of aliphatic hydroxyl groups is 1. The third kappa shape index (κ3) is 3.32. The van der Waals surface area contributed by atoms with Crippen molar-refractivity contribution >= 4 is 17.5 Å². The van der Waals surface area contributed by atoms with Gasteiger partial charge in [-0.2, -0.15) is 5.10 Å². The molecule has 1 rings (SSSR count). The molecule has 84 valence electrons. The van der Waals surface area contributed by atoms with Gasteiger partial charge in [0.1, 0.15) is 5.71 Å². The van der Waals surface area contributed by atoms with Gasteiger partial charge in [0.25, 0.3) is 5.91 Å². The second-order valence-corrected chi connectivity index (χ2v) is 4.28. The van der Waals surface area contributed by atoms with Crippen molar-refractivity contribution in [1.82, 2.24) is 10.7 Å². The first-order chi connectivity index (χ1) is 6.94. The molecule has 0 saturated carbocycles. The Labute approximate surface area is 87.7 Å². The largest absolute Gasteiger partial charge is 0.396 e. The first-order valence-corrected chi connectivity index (χ1v) is 4.69. The Morgan fingerprint density at radius 2 is 2.33 bits per heavy atom. The van der Waals surface area contributed by atoms with E-state index in [1.54, 1.807) is 0 Å². The van der Waals surface area contributed by atoms with Gasteiger partial charge in [-0.15, -0.1) is 0 Å². The number of carbonyl (C=O) groups excluding carboxylic acids is 2. The Bertz CT molecular complexity index is 310. The lowest BCUT2D eigenvalue weighted by Gasteiger charge is -2.21. The summed E-state index contributed by atoms with van der Waals surface area (Å²) in [6.45, 7) is 3.98. The van der Waals surface area contributed by atoms with Crippen molar-refractivity contribution in [2.75, 3.05) is 13.2 Å². The molecule has 0 radical (unpaired) electrons. The molecule has 3 N–H and O–H groups in total. The topological polar surface area (TPSA) is 90.8 Å². The van der Waals surface area contributed by atoms with E-state index in [1.807, 2.05) is 13.8 Å². The molecule has 15 heavy (non-hydrogen) atoms.